The first-order chi connectivity index (χ1) is 9.66. The highest BCUT2D eigenvalue weighted by Crippen LogP contribution is 2.30. The summed E-state index contributed by atoms with van der Waals surface area (Å²) in [5.41, 5.74) is 3.93. The lowest BCUT2D eigenvalue weighted by atomic mass is 10.00. The summed E-state index contributed by atoms with van der Waals surface area (Å²) in [6.45, 7) is 2.03. The zero-order chi connectivity index (χ0) is 14.1. The van der Waals surface area contributed by atoms with Gasteiger partial charge in [-0.25, -0.2) is 0 Å². The minimum absolute atomic E-state index is 0.113. The smallest absolute Gasteiger partial charge is 0.234 e. The molecule has 20 heavy (non-hydrogen) atoms. The maximum absolute atomic E-state index is 11.8. The number of aryl methyl sites for hydroxylation is 1. The van der Waals surface area contributed by atoms with Crippen LogP contribution in [0.4, 0.5) is 5.69 Å². The second-order valence-electron chi connectivity index (χ2n) is 4.99. The molecule has 3 rings (SSSR count). The molecule has 1 aliphatic rings. The first-order valence-electron chi connectivity index (χ1n) is 6.68. The molecule has 0 aliphatic carbocycles. The van der Waals surface area contributed by atoms with Crippen molar-refractivity contribution in [3.8, 4) is 11.1 Å². The number of amides is 2. The summed E-state index contributed by atoms with van der Waals surface area (Å²) in [5, 5.41) is 0. The number of carbonyl (C=O) groups is 2. The normalized spacial score (nSPS) is 14.9. The number of hydrogen-bond acceptors (Lipinski definition) is 2. The van der Waals surface area contributed by atoms with Gasteiger partial charge in [0.2, 0.25) is 11.8 Å². The van der Waals surface area contributed by atoms with Gasteiger partial charge in [0.15, 0.2) is 0 Å². The Kier molecular flexibility index (Phi) is 3.11. The molecule has 0 N–H and O–H groups in total. The van der Waals surface area contributed by atoms with Crippen LogP contribution < -0.4 is 4.90 Å². The molecule has 0 saturated carbocycles. The van der Waals surface area contributed by atoms with E-state index in [2.05, 4.69) is 0 Å². The van der Waals surface area contributed by atoms with Crippen molar-refractivity contribution in [1.29, 1.82) is 0 Å². The van der Waals surface area contributed by atoms with Crippen LogP contribution in [0.3, 0.4) is 0 Å². The van der Waals surface area contributed by atoms with Crippen LogP contribution in [0.1, 0.15) is 18.4 Å². The van der Waals surface area contributed by atoms with Crippen LogP contribution in [0, 0.1) is 6.92 Å². The molecular weight excluding hydrogens is 250 g/mol. The number of hydrogen-bond donors (Lipinski definition) is 0. The number of rotatable bonds is 2. The van der Waals surface area contributed by atoms with E-state index in [4.69, 9.17) is 0 Å². The molecule has 0 unspecified atom stereocenters. The highest BCUT2D eigenvalue weighted by atomic mass is 16.2. The van der Waals surface area contributed by atoms with Crippen LogP contribution in [0.5, 0.6) is 0 Å². The van der Waals surface area contributed by atoms with Gasteiger partial charge in [-0.15, -0.1) is 0 Å². The molecule has 2 aromatic carbocycles. The fraction of sp³-hybridized carbons (Fsp3) is 0.176. The summed E-state index contributed by atoms with van der Waals surface area (Å²) >= 11 is 0. The molecule has 0 aromatic heterocycles. The van der Waals surface area contributed by atoms with Crippen LogP contribution in [0.25, 0.3) is 11.1 Å². The third-order valence-corrected chi connectivity index (χ3v) is 3.62. The van der Waals surface area contributed by atoms with Crippen molar-refractivity contribution >= 4 is 17.5 Å². The van der Waals surface area contributed by atoms with E-state index >= 15 is 0 Å². The van der Waals surface area contributed by atoms with Gasteiger partial charge in [0.05, 0.1) is 5.69 Å². The lowest BCUT2D eigenvalue weighted by molar-refractivity contribution is -0.121. The second kappa shape index (κ2) is 4.93. The Morgan fingerprint density at radius 1 is 0.900 bits per heavy atom. The second-order valence-corrected chi connectivity index (χ2v) is 4.99. The van der Waals surface area contributed by atoms with Crippen molar-refractivity contribution < 1.29 is 9.59 Å². The first-order valence-corrected chi connectivity index (χ1v) is 6.68. The fourth-order valence-electron chi connectivity index (χ4n) is 2.54. The average Bonchev–Trinajstić information content (AvgIpc) is 2.80. The maximum Gasteiger partial charge on any atom is 0.234 e. The van der Waals surface area contributed by atoms with Crippen LogP contribution in [0.15, 0.2) is 48.5 Å². The molecule has 0 radical (unpaired) electrons. The molecule has 0 bridgehead atoms. The summed E-state index contributed by atoms with van der Waals surface area (Å²) in [7, 11) is 0. The lowest BCUT2D eigenvalue weighted by Crippen LogP contribution is -2.28. The predicted molar refractivity (Wildman–Crippen MR) is 78.3 cm³/mol. The fourth-order valence-corrected chi connectivity index (χ4v) is 2.54. The third-order valence-electron chi connectivity index (χ3n) is 3.62. The Morgan fingerprint density at radius 2 is 1.55 bits per heavy atom. The van der Waals surface area contributed by atoms with E-state index in [9.17, 15) is 9.59 Å². The van der Waals surface area contributed by atoms with Crippen LogP contribution >= 0.6 is 0 Å². The molecule has 1 fully saturated rings. The summed E-state index contributed by atoms with van der Waals surface area (Å²) in [5.74, 6) is -0.226. The van der Waals surface area contributed by atoms with Crippen LogP contribution in [0.2, 0.25) is 0 Å². The summed E-state index contributed by atoms with van der Waals surface area (Å²) in [6, 6.07) is 15.7. The highest BCUT2D eigenvalue weighted by Gasteiger charge is 2.30. The molecular formula is C17H15NO2. The van der Waals surface area contributed by atoms with E-state index < -0.39 is 0 Å². The standard InChI is InChI=1S/C17H15NO2/c1-12-7-8-14(18-16(19)9-10-17(18)20)11-15(12)13-5-3-2-4-6-13/h2-8,11H,9-10H2,1H3. The van der Waals surface area contributed by atoms with E-state index in [0.717, 1.165) is 16.7 Å². The first kappa shape index (κ1) is 12.6. The average molecular weight is 265 g/mol. The zero-order valence-corrected chi connectivity index (χ0v) is 11.3. The Bertz CT molecular complexity index is 661. The zero-order valence-electron chi connectivity index (χ0n) is 11.3. The Morgan fingerprint density at radius 3 is 2.20 bits per heavy atom. The minimum Gasteiger partial charge on any atom is -0.274 e. The molecule has 2 amide bonds. The number of nitrogens with zero attached hydrogens (tertiary/aromatic N) is 1. The third kappa shape index (κ3) is 2.11. The molecule has 100 valence electrons. The monoisotopic (exact) mass is 265 g/mol. The van der Waals surface area contributed by atoms with Crippen molar-refractivity contribution in [2.24, 2.45) is 0 Å². The molecule has 3 nitrogen and oxygen atoms in total. The Labute approximate surface area is 117 Å². The van der Waals surface area contributed by atoms with E-state index in [1.54, 1.807) is 0 Å². The van der Waals surface area contributed by atoms with Crippen molar-refractivity contribution in [3.63, 3.8) is 0 Å². The molecule has 1 aliphatic heterocycles. The molecule has 3 heteroatoms. The van der Waals surface area contributed by atoms with Gasteiger partial charge in [0, 0.05) is 12.8 Å². The highest BCUT2D eigenvalue weighted by molar-refractivity contribution is 6.20. The lowest BCUT2D eigenvalue weighted by Gasteiger charge is -2.16. The Balaban J connectivity index is 2.07. The van der Waals surface area contributed by atoms with Gasteiger partial charge in [-0.05, 0) is 35.7 Å². The van der Waals surface area contributed by atoms with Gasteiger partial charge in [0.1, 0.15) is 0 Å². The Hall–Kier alpha value is -2.42. The van der Waals surface area contributed by atoms with E-state index in [1.165, 1.54) is 4.90 Å². The van der Waals surface area contributed by atoms with E-state index in [1.807, 2.05) is 55.5 Å². The molecule has 1 saturated heterocycles. The number of imide groups is 1. The molecule has 2 aromatic rings. The van der Waals surface area contributed by atoms with Crippen molar-refractivity contribution in [3.05, 3.63) is 54.1 Å². The van der Waals surface area contributed by atoms with Crippen molar-refractivity contribution in [2.75, 3.05) is 4.90 Å². The van der Waals surface area contributed by atoms with Gasteiger partial charge >= 0.3 is 0 Å². The van der Waals surface area contributed by atoms with Gasteiger partial charge in [-0.1, -0.05) is 36.4 Å². The van der Waals surface area contributed by atoms with E-state index in [0.29, 0.717) is 18.5 Å². The quantitative estimate of drug-likeness (QED) is 0.781. The summed E-state index contributed by atoms with van der Waals surface area (Å²) < 4.78 is 0. The number of anilines is 1. The number of carbonyl (C=O) groups excluding carboxylic acids is 2. The maximum atomic E-state index is 11.8. The van der Waals surface area contributed by atoms with E-state index in [-0.39, 0.29) is 11.8 Å². The van der Waals surface area contributed by atoms with Gasteiger partial charge in [-0.2, -0.15) is 0 Å². The van der Waals surface area contributed by atoms with Crippen LogP contribution in [-0.4, -0.2) is 11.8 Å². The van der Waals surface area contributed by atoms with Gasteiger partial charge in [-0.3, -0.25) is 14.5 Å². The molecule has 1 heterocycles. The SMILES string of the molecule is Cc1ccc(N2C(=O)CCC2=O)cc1-c1ccccc1. The topological polar surface area (TPSA) is 37.4 Å². The number of benzene rings is 2. The molecule has 0 spiro atoms. The van der Waals surface area contributed by atoms with Crippen LogP contribution in [-0.2, 0) is 9.59 Å². The summed E-state index contributed by atoms with van der Waals surface area (Å²) in [4.78, 5) is 24.9. The minimum atomic E-state index is -0.113. The largest absolute Gasteiger partial charge is 0.274 e. The summed E-state index contributed by atoms with van der Waals surface area (Å²) in [6.07, 6.45) is 0.626. The van der Waals surface area contributed by atoms with Crippen molar-refractivity contribution in [1.82, 2.24) is 0 Å². The van der Waals surface area contributed by atoms with Gasteiger partial charge in [0.25, 0.3) is 0 Å². The molecule has 0 atom stereocenters. The van der Waals surface area contributed by atoms with Crippen molar-refractivity contribution in [2.45, 2.75) is 19.8 Å². The predicted octanol–water partition coefficient (Wildman–Crippen LogP) is 3.32. The van der Waals surface area contributed by atoms with Gasteiger partial charge < -0.3 is 0 Å².